The molecule has 1 N–H and O–H groups in total. The number of hydrogen-bond donors (Lipinski definition) is 1. The average Bonchev–Trinajstić information content (AvgIpc) is 3.25. The minimum atomic E-state index is -4.66. The van der Waals surface area contributed by atoms with Crippen LogP contribution in [0.3, 0.4) is 0 Å². The lowest BCUT2D eigenvalue weighted by Crippen LogP contribution is -2.28. The van der Waals surface area contributed by atoms with E-state index in [9.17, 15) is 22.8 Å². The zero-order valence-electron chi connectivity index (χ0n) is 17.4. The van der Waals surface area contributed by atoms with Gasteiger partial charge in [0.05, 0.1) is 11.5 Å². The highest BCUT2D eigenvalue weighted by atomic mass is 19.4. The van der Waals surface area contributed by atoms with Crippen molar-refractivity contribution in [2.75, 3.05) is 11.9 Å². The molecule has 0 spiro atoms. The van der Waals surface area contributed by atoms with Crippen LogP contribution in [-0.4, -0.2) is 35.7 Å². The molecule has 0 bridgehead atoms. The molecule has 4 rings (SSSR count). The molecule has 2 aromatic rings. The number of alkyl halides is 3. The van der Waals surface area contributed by atoms with Crippen molar-refractivity contribution in [3.8, 4) is 11.5 Å². The minimum Gasteiger partial charge on any atom is -0.484 e. The van der Waals surface area contributed by atoms with Crippen LogP contribution in [0.25, 0.3) is 0 Å². The number of carbonyl (C=O) groups excluding carboxylic acids is 1. The van der Waals surface area contributed by atoms with E-state index >= 15 is 0 Å². The standard InChI is InChI=1S/C22H19F3N4O4/c1-29-11-13(22(23,24)25)10-17(21(29)31)28-19(30)12-32-14-2-4-15(5-3-14)33-18-7-9-27-20-16(18)6-8-26-20/h2-5,7-11,16,20H,6,12H2,1H3,(H,28,30). The monoisotopic (exact) mass is 460 g/mol. The van der Waals surface area contributed by atoms with E-state index in [0.29, 0.717) is 23.8 Å². The molecule has 33 heavy (non-hydrogen) atoms. The van der Waals surface area contributed by atoms with E-state index < -0.39 is 35.5 Å². The summed E-state index contributed by atoms with van der Waals surface area (Å²) < 4.78 is 50.9. The lowest BCUT2D eigenvalue weighted by Gasteiger charge is -2.21. The number of pyridine rings is 1. The largest absolute Gasteiger partial charge is 0.484 e. The first-order valence-electron chi connectivity index (χ1n) is 9.94. The van der Waals surface area contributed by atoms with E-state index in [1.54, 1.807) is 36.6 Å². The first-order chi connectivity index (χ1) is 15.7. The van der Waals surface area contributed by atoms with Crippen LogP contribution in [0.15, 0.2) is 63.1 Å². The van der Waals surface area contributed by atoms with Gasteiger partial charge in [0.1, 0.15) is 29.1 Å². The second kappa shape index (κ2) is 8.93. The zero-order chi connectivity index (χ0) is 23.6. The Hall–Kier alpha value is -3.89. The maximum absolute atomic E-state index is 13.0. The van der Waals surface area contributed by atoms with E-state index in [4.69, 9.17) is 9.47 Å². The molecule has 0 fully saturated rings. The van der Waals surface area contributed by atoms with Crippen molar-refractivity contribution < 1.29 is 27.4 Å². The van der Waals surface area contributed by atoms with Gasteiger partial charge in [-0.05, 0) is 42.8 Å². The fourth-order valence-corrected chi connectivity index (χ4v) is 3.38. The molecule has 1 amide bonds. The second-order valence-electron chi connectivity index (χ2n) is 7.42. The summed E-state index contributed by atoms with van der Waals surface area (Å²) in [4.78, 5) is 32.7. The topological polar surface area (TPSA) is 94.3 Å². The maximum atomic E-state index is 13.0. The molecule has 1 aromatic carbocycles. The first kappa shape index (κ1) is 22.3. The Morgan fingerprint density at radius 1 is 1.21 bits per heavy atom. The van der Waals surface area contributed by atoms with Gasteiger partial charge in [-0.3, -0.25) is 19.6 Å². The Morgan fingerprint density at radius 2 is 1.94 bits per heavy atom. The van der Waals surface area contributed by atoms with Crippen molar-refractivity contribution in [2.45, 2.75) is 18.8 Å². The highest BCUT2D eigenvalue weighted by molar-refractivity contribution is 5.91. The van der Waals surface area contributed by atoms with Crippen LogP contribution >= 0.6 is 0 Å². The number of nitrogens with one attached hydrogen (secondary N) is 1. The van der Waals surface area contributed by atoms with Gasteiger partial charge >= 0.3 is 6.18 Å². The number of hydrogen-bond acceptors (Lipinski definition) is 6. The van der Waals surface area contributed by atoms with Crippen molar-refractivity contribution in [1.29, 1.82) is 0 Å². The smallest absolute Gasteiger partial charge is 0.417 e. The number of aryl methyl sites for hydroxylation is 1. The van der Waals surface area contributed by atoms with Crippen molar-refractivity contribution in [1.82, 2.24) is 4.57 Å². The van der Waals surface area contributed by atoms with Crippen LogP contribution in [0.1, 0.15) is 12.0 Å². The SMILES string of the molecule is Cn1cc(C(F)(F)F)cc(NC(=O)COc2ccc(OC3=CC=NC4N=CCC34)cc2)c1=O. The Bertz CT molecular complexity index is 1200. The number of nitrogens with zero attached hydrogens (tertiary/aromatic N) is 3. The summed E-state index contributed by atoms with van der Waals surface area (Å²) in [5, 5.41) is 2.17. The number of aromatic nitrogens is 1. The molecule has 0 radical (unpaired) electrons. The number of fused-ring (bicyclic) bond motifs is 1. The number of benzene rings is 1. The van der Waals surface area contributed by atoms with Crippen molar-refractivity contribution in [2.24, 2.45) is 23.0 Å². The second-order valence-corrected chi connectivity index (χ2v) is 7.42. The normalized spacial score (nSPS) is 19.1. The molecule has 0 aliphatic carbocycles. The third-order valence-corrected chi connectivity index (χ3v) is 5.03. The number of anilines is 1. The molecular formula is C22H19F3N4O4. The molecule has 2 aliphatic rings. The van der Waals surface area contributed by atoms with Crippen LogP contribution in [-0.2, 0) is 18.0 Å². The summed E-state index contributed by atoms with van der Waals surface area (Å²) in [7, 11) is 1.17. The van der Waals surface area contributed by atoms with Gasteiger partial charge in [-0.25, -0.2) is 0 Å². The van der Waals surface area contributed by atoms with Gasteiger partial charge in [-0.2, -0.15) is 13.2 Å². The predicted molar refractivity (Wildman–Crippen MR) is 115 cm³/mol. The highest BCUT2D eigenvalue weighted by Gasteiger charge is 2.32. The van der Waals surface area contributed by atoms with E-state index in [1.165, 1.54) is 7.05 Å². The van der Waals surface area contributed by atoms with Crippen LogP contribution in [0.2, 0.25) is 0 Å². The van der Waals surface area contributed by atoms with Crippen LogP contribution in [0.4, 0.5) is 18.9 Å². The van der Waals surface area contributed by atoms with Gasteiger partial charge in [-0.15, -0.1) is 0 Å². The Kier molecular flexibility index (Phi) is 6.03. The summed E-state index contributed by atoms with van der Waals surface area (Å²) in [5.74, 6) is 0.953. The number of aliphatic imine (C=N–C) groups is 2. The lowest BCUT2D eigenvalue weighted by molar-refractivity contribution is -0.138. The highest BCUT2D eigenvalue weighted by Crippen LogP contribution is 2.31. The summed E-state index contributed by atoms with van der Waals surface area (Å²) in [5.41, 5.74) is -2.30. The summed E-state index contributed by atoms with van der Waals surface area (Å²) in [6, 6.07) is 7.09. The number of rotatable bonds is 6. The average molecular weight is 460 g/mol. The summed E-state index contributed by atoms with van der Waals surface area (Å²) >= 11 is 0. The molecule has 2 atom stereocenters. The Morgan fingerprint density at radius 3 is 2.67 bits per heavy atom. The number of dihydropyridines is 1. The molecule has 2 unspecified atom stereocenters. The molecule has 11 heteroatoms. The number of amides is 1. The molecule has 0 saturated heterocycles. The number of halogens is 3. The fourth-order valence-electron chi connectivity index (χ4n) is 3.38. The van der Waals surface area contributed by atoms with Gasteiger partial charge in [0, 0.05) is 25.7 Å². The van der Waals surface area contributed by atoms with Gasteiger partial charge < -0.3 is 19.4 Å². The maximum Gasteiger partial charge on any atom is 0.417 e. The third-order valence-electron chi connectivity index (χ3n) is 5.03. The van der Waals surface area contributed by atoms with Crippen molar-refractivity contribution in [3.63, 3.8) is 0 Å². The molecule has 1 aromatic heterocycles. The number of ether oxygens (including phenoxy) is 2. The molecule has 8 nitrogen and oxygen atoms in total. The van der Waals surface area contributed by atoms with Gasteiger partial charge in [0.25, 0.3) is 11.5 Å². The molecule has 172 valence electrons. The van der Waals surface area contributed by atoms with E-state index in [-0.39, 0.29) is 12.1 Å². The number of allylic oxidation sites excluding steroid dienone is 1. The van der Waals surface area contributed by atoms with Gasteiger partial charge in [0.15, 0.2) is 6.61 Å². The minimum absolute atomic E-state index is 0.0678. The van der Waals surface area contributed by atoms with Crippen molar-refractivity contribution in [3.05, 3.63) is 64.3 Å². The molecule has 3 heterocycles. The van der Waals surface area contributed by atoms with E-state index in [1.807, 2.05) is 6.21 Å². The van der Waals surface area contributed by atoms with Crippen LogP contribution in [0.5, 0.6) is 11.5 Å². The predicted octanol–water partition coefficient (Wildman–Crippen LogP) is 3.19. The number of carbonyl (C=O) groups is 1. The molecule has 0 saturated carbocycles. The quantitative estimate of drug-likeness (QED) is 0.717. The fraction of sp³-hybridized carbons (Fsp3) is 0.273. The molecular weight excluding hydrogens is 441 g/mol. The van der Waals surface area contributed by atoms with Gasteiger partial charge in [0.2, 0.25) is 0 Å². The zero-order valence-corrected chi connectivity index (χ0v) is 17.4. The van der Waals surface area contributed by atoms with E-state index in [2.05, 4.69) is 15.3 Å². The Labute approximate surface area is 186 Å². The van der Waals surface area contributed by atoms with Gasteiger partial charge in [-0.1, -0.05) is 0 Å². The first-order valence-corrected chi connectivity index (χ1v) is 9.94. The third kappa shape index (κ3) is 5.13. The van der Waals surface area contributed by atoms with Crippen LogP contribution in [0, 0.1) is 5.92 Å². The summed E-state index contributed by atoms with van der Waals surface area (Å²) in [6.07, 6.45) is 1.88. The lowest BCUT2D eigenvalue weighted by atomic mass is 10.0. The summed E-state index contributed by atoms with van der Waals surface area (Å²) in [6.45, 7) is -0.498. The van der Waals surface area contributed by atoms with Crippen LogP contribution < -0.4 is 20.3 Å². The Balaban J connectivity index is 1.34. The van der Waals surface area contributed by atoms with Crippen molar-refractivity contribution >= 4 is 24.0 Å². The molecule has 2 aliphatic heterocycles. The van der Waals surface area contributed by atoms with E-state index in [0.717, 1.165) is 16.7 Å².